The number of nitrogens with one attached hydrogen (secondary N) is 1. The minimum absolute atomic E-state index is 0.0671. The number of hydrogen-bond acceptors (Lipinski definition) is 6. The summed E-state index contributed by atoms with van der Waals surface area (Å²) in [5.74, 6) is 0.920. The Balaban J connectivity index is 1.72. The molecule has 0 radical (unpaired) electrons. The van der Waals surface area contributed by atoms with Gasteiger partial charge in [-0.3, -0.25) is 4.90 Å². The summed E-state index contributed by atoms with van der Waals surface area (Å²) in [5, 5.41) is 6.84. The maximum absolute atomic E-state index is 12.8. The Morgan fingerprint density at radius 1 is 1.26 bits per heavy atom. The number of amides is 2. The van der Waals surface area contributed by atoms with Crippen molar-refractivity contribution in [3.05, 3.63) is 58.1 Å². The van der Waals surface area contributed by atoms with E-state index in [9.17, 15) is 9.59 Å². The summed E-state index contributed by atoms with van der Waals surface area (Å²) < 4.78 is 15.6. The van der Waals surface area contributed by atoms with Crippen molar-refractivity contribution in [3.8, 4) is 5.75 Å². The van der Waals surface area contributed by atoms with E-state index in [2.05, 4.69) is 10.5 Å². The predicted octanol–water partition coefficient (Wildman–Crippen LogP) is 2.38. The molecule has 8 nitrogen and oxygen atoms in total. The molecule has 2 aliphatic heterocycles. The van der Waals surface area contributed by atoms with Gasteiger partial charge in [0.15, 0.2) is 0 Å². The van der Waals surface area contributed by atoms with Crippen molar-refractivity contribution >= 4 is 12.0 Å². The van der Waals surface area contributed by atoms with E-state index >= 15 is 0 Å². The molecule has 0 bridgehead atoms. The monoisotopic (exact) mass is 369 g/mol. The highest BCUT2D eigenvalue weighted by molar-refractivity contribution is 5.97. The summed E-state index contributed by atoms with van der Waals surface area (Å²) in [4.78, 5) is 26.7. The first-order chi connectivity index (χ1) is 13.0. The quantitative estimate of drug-likeness (QED) is 0.832. The number of hydrogen-bond donors (Lipinski definition) is 1. The average Bonchev–Trinajstić information content (AvgIpc) is 3.20. The van der Waals surface area contributed by atoms with E-state index in [1.54, 1.807) is 26.2 Å². The number of nitrogens with zero attached hydrogens (tertiary/aromatic N) is 2. The van der Waals surface area contributed by atoms with Gasteiger partial charge in [-0.15, -0.1) is 0 Å². The maximum atomic E-state index is 12.8. The number of rotatable bonds is 4. The maximum Gasteiger partial charge on any atom is 0.338 e. The first-order valence-electron chi connectivity index (χ1n) is 8.53. The van der Waals surface area contributed by atoms with Crippen LogP contribution in [0.3, 0.4) is 0 Å². The van der Waals surface area contributed by atoms with Crippen LogP contribution in [0.25, 0.3) is 0 Å². The van der Waals surface area contributed by atoms with Gasteiger partial charge in [-0.2, -0.15) is 0 Å². The molecule has 0 saturated heterocycles. The van der Waals surface area contributed by atoms with E-state index in [0.717, 1.165) is 11.1 Å². The van der Waals surface area contributed by atoms with Crippen LogP contribution in [0.2, 0.25) is 0 Å². The zero-order valence-electron chi connectivity index (χ0n) is 15.2. The van der Waals surface area contributed by atoms with Crippen LogP contribution < -0.4 is 10.1 Å². The Hall–Kier alpha value is -3.29. The number of benzene rings is 1. The number of urea groups is 1. The summed E-state index contributed by atoms with van der Waals surface area (Å²) in [7, 11) is 1.58. The lowest BCUT2D eigenvalue weighted by atomic mass is 9.95. The molecule has 3 heterocycles. The van der Waals surface area contributed by atoms with Gasteiger partial charge in [0.05, 0.1) is 36.7 Å². The number of methoxy groups -OCH3 is 1. The van der Waals surface area contributed by atoms with E-state index in [1.165, 1.54) is 4.90 Å². The molecular formula is C19H19N3O5. The molecule has 2 amide bonds. The van der Waals surface area contributed by atoms with Gasteiger partial charge in [0.2, 0.25) is 0 Å². The van der Waals surface area contributed by atoms with Gasteiger partial charge in [-0.05, 0) is 31.5 Å². The predicted molar refractivity (Wildman–Crippen MR) is 93.8 cm³/mol. The van der Waals surface area contributed by atoms with Crippen molar-refractivity contribution in [3.63, 3.8) is 0 Å². The van der Waals surface area contributed by atoms with Gasteiger partial charge in [-0.1, -0.05) is 17.3 Å². The highest BCUT2D eigenvalue weighted by Gasteiger charge is 2.42. The third-order valence-electron chi connectivity index (χ3n) is 4.94. The van der Waals surface area contributed by atoms with Crippen LogP contribution in [-0.4, -0.2) is 35.8 Å². The van der Waals surface area contributed by atoms with Crippen molar-refractivity contribution in [2.75, 3.05) is 13.7 Å². The molecule has 1 aromatic carbocycles. The summed E-state index contributed by atoms with van der Waals surface area (Å²) in [6.07, 6.45) is 0. The molecule has 1 N–H and O–H groups in total. The summed E-state index contributed by atoms with van der Waals surface area (Å²) in [5.41, 5.74) is 3.34. The van der Waals surface area contributed by atoms with Crippen LogP contribution in [0.4, 0.5) is 4.79 Å². The standard InChI is InChI=1S/C19H19N3O5/c1-10-14(11(2)27-21-10)8-22-15-9-26-18(23)16(15)17(20-19(22)24)12-4-6-13(25-3)7-5-12/h4-7,17H,8-9H2,1-3H3,(H,20,24)/t17-/m0/s1. The van der Waals surface area contributed by atoms with Gasteiger partial charge in [0.1, 0.15) is 18.1 Å². The second kappa shape index (κ2) is 6.46. The summed E-state index contributed by atoms with van der Waals surface area (Å²) in [6.45, 7) is 3.94. The van der Waals surface area contributed by atoms with Crippen molar-refractivity contribution in [1.29, 1.82) is 0 Å². The van der Waals surface area contributed by atoms with Gasteiger partial charge >= 0.3 is 12.0 Å². The Morgan fingerprint density at radius 3 is 2.63 bits per heavy atom. The molecule has 2 aliphatic rings. The van der Waals surface area contributed by atoms with Gasteiger partial charge in [-0.25, -0.2) is 9.59 Å². The number of aromatic nitrogens is 1. The number of ether oxygens (including phenoxy) is 2. The summed E-state index contributed by atoms with van der Waals surface area (Å²) in [6, 6.07) is 6.37. The third-order valence-corrected chi connectivity index (χ3v) is 4.94. The molecule has 1 atom stereocenters. The minimum atomic E-state index is -0.561. The zero-order chi connectivity index (χ0) is 19.1. The lowest BCUT2D eigenvalue weighted by Gasteiger charge is -2.32. The van der Waals surface area contributed by atoms with Crippen LogP contribution in [0, 0.1) is 13.8 Å². The van der Waals surface area contributed by atoms with Crippen molar-refractivity contribution in [1.82, 2.24) is 15.4 Å². The number of aryl methyl sites for hydroxylation is 2. The first-order valence-corrected chi connectivity index (χ1v) is 8.53. The van der Waals surface area contributed by atoms with Crippen LogP contribution in [0.1, 0.15) is 28.6 Å². The third kappa shape index (κ3) is 2.83. The highest BCUT2D eigenvalue weighted by atomic mass is 16.5. The molecule has 0 unspecified atom stereocenters. The molecule has 1 aromatic heterocycles. The number of esters is 1. The Kier molecular flexibility index (Phi) is 4.10. The van der Waals surface area contributed by atoms with E-state index in [0.29, 0.717) is 28.5 Å². The molecule has 0 saturated carbocycles. The number of cyclic esters (lactones) is 1. The van der Waals surface area contributed by atoms with Crippen molar-refractivity contribution in [2.24, 2.45) is 0 Å². The molecule has 0 fully saturated rings. The molecule has 0 aliphatic carbocycles. The fourth-order valence-electron chi connectivity index (χ4n) is 3.41. The highest BCUT2D eigenvalue weighted by Crippen LogP contribution is 2.36. The second-order valence-electron chi connectivity index (χ2n) is 6.48. The van der Waals surface area contributed by atoms with E-state index in [1.807, 2.05) is 19.1 Å². The lowest BCUT2D eigenvalue weighted by Crippen LogP contribution is -2.46. The average molecular weight is 369 g/mol. The Morgan fingerprint density at radius 2 is 2.00 bits per heavy atom. The Bertz CT molecular complexity index is 925. The van der Waals surface area contributed by atoms with E-state index in [4.69, 9.17) is 14.0 Å². The fraction of sp³-hybridized carbons (Fsp3) is 0.316. The minimum Gasteiger partial charge on any atom is -0.497 e. The number of carbonyl (C=O) groups is 2. The van der Waals surface area contributed by atoms with Crippen molar-refractivity contribution < 1.29 is 23.6 Å². The van der Waals surface area contributed by atoms with Crippen LogP contribution in [0.5, 0.6) is 5.75 Å². The van der Waals surface area contributed by atoms with Gasteiger partial charge in [0, 0.05) is 5.56 Å². The van der Waals surface area contributed by atoms with Gasteiger partial charge in [0.25, 0.3) is 0 Å². The van der Waals surface area contributed by atoms with E-state index in [-0.39, 0.29) is 19.2 Å². The topological polar surface area (TPSA) is 93.9 Å². The lowest BCUT2D eigenvalue weighted by molar-refractivity contribution is -0.136. The Labute approximate surface area is 155 Å². The molecule has 140 valence electrons. The van der Waals surface area contributed by atoms with Crippen LogP contribution in [0.15, 0.2) is 40.1 Å². The van der Waals surface area contributed by atoms with Gasteiger partial charge < -0.3 is 19.3 Å². The molecule has 27 heavy (non-hydrogen) atoms. The summed E-state index contributed by atoms with van der Waals surface area (Å²) >= 11 is 0. The fourth-order valence-corrected chi connectivity index (χ4v) is 3.41. The largest absolute Gasteiger partial charge is 0.497 e. The SMILES string of the molecule is COc1ccc([C@@H]2NC(=O)N(Cc3c(C)noc3C)C3=C2C(=O)OC3)cc1. The second-order valence-corrected chi connectivity index (χ2v) is 6.48. The molecule has 8 heteroatoms. The van der Waals surface area contributed by atoms with Crippen LogP contribution in [-0.2, 0) is 16.1 Å². The smallest absolute Gasteiger partial charge is 0.338 e. The molecule has 4 rings (SSSR count). The molecule has 2 aromatic rings. The zero-order valence-corrected chi connectivity index (χ0v) is 15.2. The van der Waals surface area contributed by atoms with Crippen LogP contribution >= 0.6 is 0 Å². The van der Waals surface area contributed by atoms with Crippen molar-refractivity contribution in [2.45, 2.75) is 26.4 Å². The molecule has 0 spiro atoms. The molecular weight excluding hydrogens is 350 g/mol. The van der Waals surface area contributed by atoms with E-state index < -0.39 is 12.0 Å². The normalized spacial score (nSPS) is 19.1. The number of carbonyl (C=O) groups excluding carboxylic acids is 2. The first kappa shape index (κ1) is 17.1.